The van der Waals surface area contributed by atoms with Gasteiger partial charge in [0.05, 0.1) is 0 Å². The van der Waals surface area contributed by atoms with Crippen molar-refractivity contribution >= 4 is 0 Å². The highest BCUT2D eigenvalue weighted by Gasteiger charge is 2.47. The van der Waals surface area contributed by atoms with Crippen molar-refractivity contribution in [1.82, 2.24) is 0 Å². The van der Waals surface area contributed by atoms with Crippen molar-refractivity contribution in [2.24, 2.45) is 11.1 Å². The summed E-state index contributed by atoms with van der Waals surface area (Å²) in [6.07, 6.45) is 5.28. The Hall–Kier alpha value is -0.820. The first-order valence-electron chi connectivity index (χ1n) is 5.15. The van der Waals surface area contributed by atoms with Crippen molar-refractivity contribution in [2.75, 3.05) is 0 Å². The topological polar surface area (TPSA) is 26.0 Å². The summed E-state index contributed by atoms with van der Waals surface area (Å²) < 4.78 is 0. The molecular formula is C12H15N. The summed E-state index contributed by atoms with van der Waals surface area (Å²) in [6.45, 7) is 0. The molecule has 0 radical (unpaired) electrons. The van der Waals surface area contributed by atoms with Gasteiger partial charge in [-0.3, -0.25) is 0 Å². The van der Waals surface area contributed by atoms with Gasteiger partial charge in [0.1, 0.15) is 0 Å². The molecule has 2 aliphatic rings. The maximum Gasteiger partial charge on any atom is 0.0358 e. The lowest BCUT2D eigenvalue weighted by Gasteiger charge is -2.42. The standard InChI is InChI=1S/C12H15N/c13-11-10-5-2-1-4-9(10)8-12(11)6-3-7-12/h1-2,4-5,11H,3,6-8,13H2. The Balaban J connectivity index is 2.06. The molecule has 0 heterocycles. The maximum atomic E-state index is 6.29. The zero-order chi connectivity index (χ0) is 8.89. The van der Waals surface area contributed by atoms with Crippen LogP contribution >= 0.6 is 0 Å². The molecule has 68 valence electrons. The van der Waals surface area contributed by atoms with E-state index in [0.29, 0.717) is 11.5 Å². The normalized spacial score (nSPS) is 28.5. The van der Waals surface area contributed by atoms with Crippen molar-refractivity contribution in [3.05, 3.63) is 35.4 Å². The molecule has 0 aromatic heterocycles. The minimum atomic E-state index is 0.317. The Kier molecular flexibility index (Phi) is 1.37. The molecule has 1 heteroatoms. The van der Waals surface area contributed by atoms with Gasteiger partial charge in [-0.1, -0.05) is 30.7 Å². The average molecular weight is 173 g/mol. The minimum absolute atomic E-state index is 0.317. The number of rotatable bonds is 0. The summed E-state index contributed by atoms with van der Waals surface area (Å²) >= 11 is 0. The van der Waals surface area contributed by atoms with Crippen LogP contribution in [0.4, 0.5) is 0 Å². The Morgan fingerprint density at radius 2 is 2.00 bits per heavy atom. The van der Waals surface area contributed by atoms with Crippen LogP contribution in [0, 0.1) is 5.41 Å². The first-order valence-corrected chi connectivity index (χ1v) is 5.15. The van der Waals surface area contributed by atoms with Crippen molar-refractivity contribution in [1.29, 1.82) is 0 Å². The Morgan fingerprint density at radius 1 is 1.23 bits per heavy atom. The van der Waals surface area contributed by atoms with E-state index in [1.165, 1.54) is 36.8 Å². The van der Waals surface area contributed by atoms with E-state index in [2.05, 4.69) is 24.3 Å². The zero-order valence-corrected chi connectivity index (χ0v) is 7.79. The van der Waals surface area contributed by atoms with Crippen molar-refractivity contribution in [3.8, 4) is 0 Å². The Labute approximate surface area is 78.9 Å². The van der Waals surface area contributed by atoms with E-state index in [1.807, 2.05) is 0 Å². The van der Waals surface area contributed by atoms with Gasteiger partial charge in [-0.05, 0) is 35.8 Å². The smallest absolute Gasteiger partial charge is 0.0358 e. The number of fused-ring (bicyclic) bond motifs is 1. The van der Waals surface area contributed by atoms with Crippen LogP contribution in [-0.2, 0) is 6.42 Å². The molecule has 0 amide bonds. The minimum Gasteiger partial charge on any atom is -0.323 e. The van der Waals surface area contributed by atoms with Crippen molar-refractivity contribution < 1.29 is 0 Å². The molecule has 0 aliphatic heterocycles. The lowest BCUT2D eigenvalue weighted by atomic mass is 9.64. The Morgan fingerprint density at radius 3 is 2.62 bits per heavy atom. The molecule has 1 aromatic rings. The lowest BCUT2D eigenvalue weighted by Crippen LogP contribution is -2.37. The number of hydrogen-bond donors (Lipinski definition) is 1. The number of benzene rings is 1. The molecule has 2 N–H and O–H groups in total. The van der Waals surface area contributed by atoms with Crippen LogP contribution in [0.3, 0.4) is 0 Å². The second kappa shape index (κ2) is 2.36. The van der Waals surface area contributed by atoms with E-state index < -0.39 is 0 Å². The molecule has 1 atom stereocenters. The fourth-order valence-electron chi connectivity index (χ4n) is 2.94. The van der Waals surface area contributed by atoms with Gasteiger partial charge in [0.25, 0.3) is 0 Å². The fourth-order valence-corrected chi connectivity index (χ4v) is 2.94. The van der Waals surface area contributed by atoms with Gasteiger partial charge in [-0.25, -0.2) is 0 Å². The van der Waals surface area contributed by atoms with Gasteiger partial charge in [-0.15, -0.1) is 0 Å². The van der Waals surface area contributed by atoms with Gasteiger partial charge >= 0.3 is 0 Å². The van der Waals surface area contributed by atoms with Crippen LogP contribution in [0.5, 0.6) is 0 Å². The third kappa shape index (κ3) is 0.856. The Bertz CT molecular complexity index is 339. The lowest BCUT2D eigenvalue weighted by molar-refractivity contribution is 0.111. The summed E-state index contributed by atoms with van der Waals surface area (Å²) in [5.74, 6) is 0. The van der Waals surface area contributed by atoms with E-state index in [9.17, 15) is 0 Å². The van der Waals surface area contributed by atoms with Gasteiger partial charge in [0.15, 0.2) is 0 Å². The van der Waals surface area contributed by atoms with Crippen LogP contribution in [0.1, 0.15) is 36.4 Å². The second-order valence-corrected chi connectivity index (χ2v) is 4.57. The second-order valence-electron chi connectivity index (χ2n) is 4.57. The highest BCUT2D eigenvalue weighted by Crippen LogP contribution is 2.56. The monoisotopic (exact) mass is 173 g/mol. The molecule has 1 aromatic carbocycles. The molecule has 1 nitrogen and oxygen atoms in total. The van der Waals surface area contributed by atoms with E-state index in [-0.39, 0.29) is 0 Å². The van der Waals surface area contributed by atoms with Gasteiger partial charge in [0, 0.05) is 6.04 Å². The molecule has 13 heavy (non-hydrogen) atoms. The third-order valence-electron chi connectivity index (χ3n) is 3.94. The quantitative estimate of drug-likeness (QED) is 0.640. The average Bonchev–Trinajstić information content (AvgIpc) is 2.40. The van der Waals surface area contributed by atoms with Gasteiger partial charge < -0.3 is 5.73 Å². The van der Waals surface area contributed by atoms with Crippen LogP contribution in [-0.4, -0.2) is 0 Å². The van der Waals surface area contributed by atoms with Crippen LogP contribution in [0.2, 0.25) is 0 Å². The van der Waals surface area contributed by atoms with Crippen LogP contribution in [0.25, 0.3) is 0 Å². The summed E-state index contributed by atoms with van der Waals surface area (Å²) in [5.41, 5.74) is 9.65. The summed E-state index contributed by atoms with van der Waals surface area (Å²) in [7, 11) is 0. The SMILES string of the molecule is NC1c2ccccc2CC12CCC2. The van der Waals surface area contributed by atoms with Gasteiger partial charge in [-0.2, -0.15) is 0 Å². The highest BCUT2D eigenvalue weighted by molar-refractivity contribution is 5.38. The zero-order valence-electron chi connectivity index (χ0n) is 7.79. The van der Waals surface area contributed by atoms with Crippen LogP contribution < -0.4 is 5.73 Å². The van der Waals surface area contributed by atoms with E-state index in [1.54, 1.807) is 0 Å². The summed E-state index contributed by atoms with van der Waals surface area (Å²) in [6, 6.07) is 8.99. The van der Waals surface area contributed by atoms with E-state index in [0.717, 1.165) is 0 Å². The molecule has 3 rings (SSSR count). The molecule has 2 aliphatic carbocycles. The van der Waals surface area contributed by atoms with Crippen LogP contribution in [0.15, 0.2) is 24.3 Å². The largest absolute Gasteiger partial charge is 0.323 e. The van der Waals surface area contributed by atoms with E-state index in [4.69, 9.17) is 5.73 Å². The first kappa shape index (κ1) is 7.57. The number of hydrogen-bond acceptors (Lipinski definition) is 1. The molecular weight excluding hydrogens is 158 g/mol. The molecule has 1 saturated carbocycles. The molecule has 1 unspecified atom stereocenters. The summed E-state index contributed by atoms with van der Waals surface area (Å²) in [5, 5.41) is 0. The molecule has 0 saturated heterocycles. The van der Waals surface area contributed by atoms with Crippen molar-refractivity contribution in [2.45, 2.75) is 31.7 Å². The predicted octanol–water partition coefficient (Wildman–Crippen LogP) is 2.41. The number of nitrogens with two attached hydrogens (primary N) is 1. The highest BCUT2D eigenvalue weighted by atomic mass is 14.7. The molecule has 0 bridgehead atoms. The summed E-state index contributed by atoms with van der Waals surface area (Å²) in [4.78, 5) is 0. The molecule has 1 fully saturated rings. The van der Waals surface area contributed by atoms with Gasteiger partial charge in [0.2, 0.25) is 0 Å². The fraction of sp³-hybridized carbons (Fsp3) is 0.500. The van der Waals surface area contributed by atoms with E-state index >= 15 is 0 Å². The third-order valence-corrected chi connectivity index (χ3v) is 3.94. The first-order chi connectivity index (χ1) is 6.32. The molecule has 1 spiro atoms. The predicted molar refractivity (Wildman–Crippen MR) is 53.4 cm³/mol. The van der Waals surface area contributed by atoms with Crippen molar-refractivity contribution in [3.63, 3.8) is 0 Å². The maximum absolute atomic E-state index is 6.29.